The first kappa shape index (κ1) is 26.5. The van der Waals surface area contributed by atoms with E-state index in [-0.39, 0.29) is 70.0 Å². The first-order chi connectivity index (χ1) is 21.0. The fraction of sp³-hybridized carbons (Fsp3) is 0.273. The number of thiazole rings is 1. The van der Waals surface area contributed by atoms with Gasteiger partial charge in [0.25, 0.3) is 5.91 Å². The summed E-state index contributed by atoms with van der Waals surface area (Å²) in [6, 6.07) is 26.1. The number of anilines is 2. The Labute approximate surface area is 255 Å². The topological polar surface area (TPSA) is 109 Å². The number of amides is 3. The number of fused-ring (bicyclic) bond motifs is 9. The van der Waals surface area contributed by atoms with Crippen molar-refractivity contribution in [3.63, 3.8) is 0 Å². The van der Waals surface area contributed by atoms with E-state index in [0.29, 0.717) is 17.1 Å². The van der Waals surface area contributed by atoms with Crippen LogP contribution >= 0.6 is 23.1 Å². The molecular formula is C33H27N3O5S2. The van der Waals surface area contributed by atoms with E-state index < -0.39 is 0 Å². The quantitative estimate of drug-likeness (QED) is 0.294. The molecule has 8 rings (SSSR count). The van der Waals surface area contributed by atoms with Crippen molar-refractivity contribution in [2.24, 2.45) is 29.6 Å². The number of benzene rings is 3. The standard InChI is InChI=1S/C33H27N3O5S2/c37-23(34-18-9-3-1-4-10-18)16-41-20-13-7-8-17(14-20)24-25-21-15-22(28(25)42-30-29(24)43-33(40)35-30)27-26(21)31(38)36(32(27)39)19-11-5-2-6-12-19/h1-14,21-22,24-28H,15-16H2,(H,34,37)(H,35,40)/t21-,22-,24+,25-,26+,27+,28-/m1/s1. The van der Waals surface area contributed by atoms with Crippen molar-refractivity contribution in [2.45, 2.75) is 22.6 Å². The molecule has 3 aromatic carbocycles. The molecule has 3 fully saturated rings. The Bertz CT molecular complexity index is 1810. The lowest BCUT2D eigenvalue weighted by Gasteiger charge is -2.43. The lowest BCUT2D eigenvalue weighted by atomic mass is 9.68. The second-order valence-electron chi connectivity index (χ2n) is 11.6. The van der Waals surface area contributed by atoms with Gasteiger partial charge in [-0.05, 0) is 66.1 Å². The molecule has 1 aromatic heterocycles. The average molecular weight is 610 g/mol. The van der Waals surface area contributed by atoms with Gasteiger partial charge in [0.15, 0.2) is 6.61 Å². The predicted molar refractivity (Wildman–Crippen MR) is 164 cm³/mol. The van der Waals surface area contributed by atoms with Crippen molar-refractivity contribution >= 4 is 52.2 Å². The number of hydrogen-bond acceptors (Lipinski definition) is 7. The molecule has 216 valence electrons. The van der Waals surface area contributed by atoms with E-state index in [1.807, 2.05) is 84.9 Å². The molecule has 3 amide bonds. The average Bonchev–Trinajstić information content (AvgIpc) is 3.76. The Morgan fingerprint density at radius 1 is 0.907 bits per heavy atom. The number of ether oxygens (including phenoxy) is 1. The van der Waals surface area contributed by atoms with Crippen LogP contribution in [0.15, 0.2) is 94.7 Å². The molecule has 0 spiro atoms. The van der Waals surface area contributed by atoms with Crippen LogP contribution in [-0.4, -0.2) is 34.6 Å². The van der Waals surface area contributed by atoms with Gasteiger partial charge in [0.05, 0.1) is 22.5 Å². The highest BCUT2D eigenvalue weighted by atomic mass is 32.2. The molecule has 4 aliphatic rings. The smallest absolute Gasteiger partial charge is 0.305 e. The number of aromatic amines is 1. The van der Waals surface area contributed by atoms with Gasteiger partial charge in [-0.3, -0.25) is 24.1 Å². The zero-order chi connectivity index (χ0) is 29.2. The zero-order valence-electron chi connectivity index (χ0n) is 22.8. The van der Waals surface area contributed by atoms with Gasteiger partial charge >= 0.3 is 4.87 Å². The van der Waals surface area contributed by atoms with E-state index in [1.54, 1.807) is 11.8 Å². The van der Waals surface area contributed by atoms with Crippen LogP contribution in [0.2, 0.25) is 0 Å². The molecule has 2 aliphatic heterocycles. The molecule has 8 nitrogen and oxygen atoms in total. The van der Waals surface area contributed by atoms with E-state index >= 15 is 0 Å². The third-order valence-electron chi connectivity index (χ3n) is 9.38. The van der Waals surface area contributed by atoms with Crippen molar-refractivity contribution < 1.29 is 19.1 Å². The summed E-state index contributed by atoms with van der Waals surface area (Å²) in [5.74, 6) is -0.576. The highest BCUT2D eigenvalue weighted by Crippen LogP contribution is 2.68. The summed E-state index contributed by atoms with van der Waals surface area (Å²) < 4.78 is 5.91. The van der Waals surface area contributed by atoms with Crippen molar-refractivity contribution in [1.82, 2.24) is 4.98 Å². The lowest BCUT2D eigenvalue weighted by molar-refractivity contribution is -0.123. The van der Waals surface area contributed by atoms with Gasteiger partial charge in [-0.25, -0.2) is 0 Å². The molecule has 0 unspecified atom stereocenters. The normalized spacial score (nSPS) is 28.4. The van der Waals surface area contributed by atoms with Gasteiger partial charge in [0.1, 0.15) is 5.75 Å². The van der Waals surface area contributed by atoms with Gasteiger partial charge in [0, 0.05) is 21.7 Å². The van der Waals surface area contributed by atoms with Gasteiger partial charge < -0.3 is 15.0 Å². The van der Waals surface area contributed by atoms with E-state index in [0.717, 1.165) is 21.9 Å². The molecule has 2 bridgehead atoms. The van der Waals surface area contributed by atoms with Crippen molar-refractivity contribution in [1.29, 1.82) is 0 Å². The monoisotopic (exact) mass is 609 g/mol. The molecule has 3 heterocycles. The number of nitrogens with one attached hydrogen (secondary N) is 2. The third-order valence-corrected chi connectivity index (χ3v) is 12.0. The van der Waals surface area contributed by atoms with Crippen molar-refractivity contribution in [3.8, 4) is 5.75 Å². The van der Waals surface area contributed by atoms with E-state index in [1.165, 1.54) is 16.2 Å². The maximum Gasteiger partial charge on any atom is 0.305 e. The van der Waals surface area contributed by atoms with Crippen LogP contribution in [0.1, 0.15) is 22.8 Å². The maximum absolute atomic E-state index is 13.9. The second kappa shape index (κ2) is 10.2. The molecule has 4 aromatic rings. The molecule has 10 heteroatoms. The van der Waals surface area contributed by atoms with E-state index in [4.69, 9.17) is 4.74 Å². The summed E-state index contributed by atoms with van der Waals surface area (Å²) in [7, 11) is 0. The minimum absolute atomic E-state index is 0.0224. The third kappa shape index (κ3) is 4.26. The summed E-state index contributed by atoms with van der Waals surface area (Å²) in [5, 5.41) is 3.79. The maximum atomic E-state index is 13.9. The van der Waals surface area contributed by atoms with Crippen LogP contribution in [0.25, 0.3) is 0 Å². The summed E-state index contributed by atoms with van der Waals surface area (Å²) >= 11 is 2.89. The Kier molecular flexibility index (Phi) is 6.30. The molecule has 2 aliphatic carbocycles. The molecule has 7 atom stereocenters. The highest BCUT2D eigenvalue weighted by molar-refractivity contribution is 8.00. The molecule has 2 saturated carbocycles. The summed E-state index contributed by atoms with van der Waals surface area (Å²) in [6.45, 7) is -0.145. The molecule has 2 N–H and O–H groups in total. The number of para-hydroxylation sites is 2. The number of thioether (sulfide) groups is 1. The Balaban J connectivity index is 1.10. The molecular weight excluding hydrogens is 583 g/mol. The second-order valence-corrected chi connectivity index (χ2v) is 13.8. The molecule has 1 saturated heterocycles. The summed E-state index contributed by atoms with van der Waals surface area (Å²) in [4.78, 5) is 58.0. The largest absolute Gasteiger partial charge is 0.484 e. The number of carbonyl (C=O) groups excluding carboxylic acids is 3. The van der Waals surface area contributed by atoms with Crippen molar-refractivity contribution in [2.75, 3.05) is 16.8 Å². The number of imide groups is 1. The van der Waals surface area contributed by atoms with Crippen LogP contribution in [0.5, 0.6) is 5.75 Å². The molecule has 43 heavy (non-hydrogen) atoms. The number of carbonyl (C=O) groups is 3. The number of rotatable bonds is 6. The zero-order valence-corrected chi connectivity index (χ0v) is 24.5. The minimum atomic E-state index is -0.361. The first-order valence-corrected chi connectivity index (χ1v) is 16.1. The Hall–Kier alpha value is -4.15. The van der Waals surface area contributed by atoms with Gasteiger partial charge in [0.2, 0.25) is 11.8 Å². The van der Waals surface area contributed by atoms with Crippen LogP contribution < -0.4 is 19.8 Å². The summed E-state index contributed by atoms with van der Waals surface area (Å²) in [6.07, 6.45) is 0.823. The minimum Gasteiger partial charge on any atom is -0.484 e. The lowest BCUT2D eigenvalue weighted by Crippen LogP contribution is -2.42. The Morgan fingerprint density at radius 2 is 1.63 bits per heavy atom. The highest BCUT2D eigenvalue weighted by Gasteiger charge is 2.69. The van der Waals surface area contributed by atoms with Crippen LogP contribution in [-0.2, 0) is 14.4 Å². The van der Waals surface area contributed by atoms with Gasteiger partial charge in [-0.2, -0.15) is 0 Å². The fourth-order valence-electron chi connectivity index (χ4n) is 7.89. The van der Waals surface area contributed by atoms with Crippen LogP contribution in [0, 0.1) is 29.6 Å². The predicted octanol–water partition coefficient (Wildman–Crippen LogP) is 5.13. The first-order valence-electron chi connectivity index (χ1n) is 14.4. The van der Waals surface area contributed by atoms with E-state index in [9.17, 15) is 19.2 Å². The fourth-order valence-corrected chi connectivity index (χ4v) is 10.8. The Morgan fingerprint density at radius 3 is 2.40 bits per heavy atom. The number of aromatic nitrogens is 1. The SMILES string of the molecule is O=C(COc1cccc([C@@H]2c3sc(=O)[nH]c3S[C@@H]3[C@@H]4C[C@@H]([C@@H]5C(=O)N(c6ccccc6)C(=O)[C@@H]45)[C@H]23)c1)Nc1ccccc1. The number of H-pyrrole nitrogens is 1. The van der Waals surface area contributed by atoms with Crippen molar-refractivity contribution in [3.05, 3.63) is 105 Å². The van der Waals surface area contributed by atoms with E-state index in [2.05, 4.69) is 10.3 Å². The number of hydrogen-bond donors (Lipinski definition) is 2. The van der Waals surface area contributed by atoms with Crippen LogP contribution in [0.4, 0.5) is 11.4 Å². The van der Waals surface area contributed by atoms with Gasteiger partial charge in [-0.1, -0.05) is 59.9 Å². The summed E-state index contributed by atoms with van der Waals surface area (Å²) in [5.41, 5.74) is 2.31. The number of nitrogens with zero attached hydrogens (tertiary/aromatic N) is 1. The van der Waals surface area contributed by atoms with Crippen LogP contribution in [0.3, 0.4) is 0 Å². The van der Waals surface area contributed by atoms with Gasteiger partial charge in [-0.15, -0.1) is 11.8 Å². The molecule has 0 radical (unpaired) electrons.